The van der Waals surface area contributed by atoms with E-state index in [0.29, 0.717) is 12.0 Å². The lowest BCUT2D eigenvalue weighted by molar-refractivity contribution is 0.312. The van der Waals surface area contributed by atoms with Gasteiger partial charge in [0.2, 0.25) is 0 Å². The molecule has 0 spiro atoms. The summed E-state index contributed by atoms with van der Waals surface area (Å²) < 4.78 is 0. The maximum Gasteiger partial charge on any atom is 0.0225 e. The highest BCUT2D eigenvalue weighted by molar-refractivity contribution is 5.15. The van der Waals surface area contributed by atoms with Gasteiger partial charge in [-0.3, -0.25) is 10.9 Å². The zero-order valence-electron chi connectivity index (χ0n) is 12.1. The standard InChI is InChI=1S/C15H27N3/c1-13(12-18(3)4)11-16-17-14(2)10-15-8-6-5-7-9-15/h5-9,13-14,16-17H,10-12H2,1-4H3/t13-,14+/m1/s1. The van der Waals surface area contributed by atoms with Crippen molar-refractivity contribution in [2.75, 3.05) is 27.2 Å². The summed E-state index contributed by atoms with van der Waals surface area (Å²) in [5.74, 6) is 0.649. The molecule has 0 saturated heterocycles. The molecule has 0 aliphatic rings. The quantitative estimate of drug-likeness (QED) is 0.689. The molecule has 3 nitrogen and oxygen atoms in total. The van der Waals surface area contributed by atoms with Crippen LogP contribution in [-0.2, 0) is 6.42 Å². The summed E-state index contributed by atoms with van der Waals surface area (Å²) in [4.78, 5) is 2.22. The maximum absolute atomic E-state index is 3.37. The van der Waals surface area contributed by atoms with Crippen molar-refractivity contribution in [3.63, 3.8) is 0 Å². The number of hydrogen-bond acceptors (Lipinski definition) is 3. The first-order valence-corrected chi connectivity index (χ1v) is 6.75. The summed E-state index contributed by atoms with van der Waals surface area (Å²) in [6, 6.07) is 11.0. The highest BCUT2D eigenvalue weighted by atomic mass is 15.4. The van der Waals surface area contributed by atoms with Crippen LogP contribution in [0.2, 0.25) is 0 Å². The van der Waals surface area contributed by atoms with E-state index in [2.05, 4.69) is 74.0 Å². The Labute approximate surface area is 112 Å². The molecule has 102 valence electrons. The van der Waals surface area contributed by atoms with Gasteiger partial charge in [0.25, 0.3) is 0 Å². The van der Waals surface area contributed by atoms with Gasteiger partial charge in [-0.25, -0.2) is 0 Å². The first-order valence-electron chi connectivity index (χ1n) is 6.75. The highest BCUT2D eigenvalue weighted by Crippen LogP contribution is 2.02. The topological polar surface area (TPSA) is 27.3 Å². The van der Waals surface area contributed by atoms with Gasteiger partial charge in [0.1, 0.15) is 0 Å². The zero-order valence-corrected chi connectivity index (χ0v) is 12.1. The normalized spacial score (nSPS) is 14.7. The molecule has 0 unspecified atom stereocenters. The summed E-state index contributed by atoms with van der Waals surface area (Å²) in [7, 11) is 4.23. The summed E-state index contributed by atoms with van der Waals surface area (Å²) in [5.41, 5.74) is 8.08. The van der Waals surface area contributed by atoms with Gasteiger partial charge >= 0.3 is 0 Å². The Hall–Kier alpha value is -0.900. The number of rotatable bonds is 8. The molecule has 0 heterocycles. The van der Waals surface area contributed by atoms with Gasteiger partial charge in [-0.2, -0.15) is 0 Å². The first-order chi connectivity index (χ1) is 8.58. The molecule has 0 radical (unpaired) electrons. The first kappa shape index (κ1) is 15.2. The second-order valence-electron chi connectivity index (χ2n) is 5.48. The summed E-state index contributed by atoms with van der Waals surface area (Å²) in [6.07, 6.45) is 1.05. The van der Waals surface area contributed by atoms with Crippen LogP contribution in [0.1, 0.15) is 19.4 Å². The third-order valence-electron chi connectivity index (χ3n) is 2.86. The molecule has 2 N–H and O–H groups in total. The number of hydrazine groups is 1. The lowest BCUT2D eigenvalue weighted by Gasteiger charge is -2.20. The molecule has 0 bridgehead atoms. The van der Waals surface area contributed by atoms with Crippen LogP contribution < -0.4 is 10.9 Å². The van der Waals surface area contributed by atoms with Crippen molar-refractivity contribution in [1.29, 1.82) is 0 Å². The maximum atomic E-state index is 3.37. The molecular weight excluding hydrogens is 222 g/mol. The Morgan fingerprint density at radius 3 is 2.39 bits per heavy atom. The third kappa shape index (κ3) is 6.74. The van der Waals surface area contributed by atoms with Crippen molar-refractivity contribution >= 4 is 0 Å². The number of nitrogens with one attached hydrogen (secondary N) is 2. The second-order valence-corrected chi connectivity index (χ2v) is 5.48. The third-order valence-corrected chi connectivity index (χ3v) is 2.86. The van der Waals surface area contributed by atoms with E-state index in [1.54, 1.807) is 0 Å². The number of nitrogens with zero attached hydrogens (tertiary/aromatic N) is 1. The van der Waals surface area contributed by atoms with Gasteiger partial charge in [-0.05, 0) is 38.9 Å². The minimum absolute atomic E-state index is 0.443. The summed E-state index contributed by atoms with van der Waals surface area (Å²) >= 11 is 0. The molecule has 1 aromatic carbocycles. The van der Waals surface area contributed by atoms with Gasteiger partial charge in [0.15, 0.2) is 0 Å². The number of hydrogen-bond donors (Lipinski definition) is 2. The molecule has 2 atom stereocenters. The van der Waals surface area contributed by atoms with Crippen LogP contribution in [0.25, 0.3) is 0 Å². The van der Waals surface area contributed by atoms with Crippen molar-refractivity contribution in [1.82, 2.24) is 15.8 Å². The van der Waals surface area contributed by atoms with E-state index in [1.807, 2.05) is 0 Å². The molecule has 0 saturated carbocycles. The SMILES string of the molecule is C[C@H](CNN[C@@H](C)Cc1ccccc1)CN(C)C. The Balaban J connectivity index is 2.16. The fourth-order valence-electron chi connectivity index (χ4n) is 2.11. The van der Waals surface area contributed by atoms with E-state index < -0.39 is 0 Å². The van der Waals surface area contributed by atoms with Crippen LogP contribution in [-0.4, -0.2) is 38.1 Å². The molecule has 0 aliphatic carbocycles. The van der Waals surface area contributed by atoms with Crippen LogP contribution in [0.5, 0.6) is 0 Å². The fraction of sp³-hybridized carbons (Fsp3) is 0.600. The molecule has 3 heteroatoms. The average molecular weight is 249 g/mol. The van der Waals surface area contributed by atoms with Crippen LogP contribution in [0.3, 0.4) is 0 Å². The van der Waals surface area contributed by atoms with Crippen molar-refractivity contribution in [3.05, 3.63) is 35.9 Å². The smallest absolute Gasteiger partial charge is 0.0225 e. The van der Waals surface area contributed by atoms with Gasteiger partial charge in [-0.1, -0.05) is 37.3 Å². The van der Waals surface area contributed by atoms with Gasteiger partial charge in [-0.15, -0.1) is 0 Å². The monoisotopic (exact) mass is 249 g/mol. The van der Waals surface area contributed by atoms with E-state index >= 15 is 0 Å². The van der Waals surface area contributed by atoms with Crippen molar-refractivity contribution in [2.24, 2.45) is 5.92 Å². The Morgan fingerprint density at radius 1 is 1.11 bits per heavy atom. The molecule has 1 aromatic rings. The van der Waals surface area contributed by atoms with Gasteiger partial charge in [0.05, 0.1) is 0 Å². The Morgan fingerprint density at radius 2 is 1.78 bits per heavy atom. The highest BCUT2D eigenvalue weighted by Gasteiger charge is 2.05. The fourth-order valence-corrected chi connectivity index (χ4v) is 2.11. The molecular formula is C15H27N3. The van der Waals surface area contributed by atoms with Gasteiger partial charge in [0, 0.05) is 19.1 Å². The second kappa shape index (κ2) is 8.25. The molecule has 0 aromatic heterocycles. The van der Waals surface area contributed by atoms with Crippen molar-refractivity contribution in [3.8, 4) is 0 Å². The summed E-state index contributed by atoms with van der Waals surface area (Å²) in [5, 5.41) is 0. The predicted octanol–water partition coefficient (Wildman–Crippen LogP) is 1.91. The minimum atomic E-state index is 0.443. The van der Waals surface area contributed by atoms with Crippen LogP contribution in [0.4, 0.5) is 0 Å². The summed E-state index contributed by atoms with van der Waals surface area (Å²) in [6.45, 7) is 6.58. The lowest BCUT2D eigenvalue weighted by Crippen LogP contribution is -2.43. The van der Waals surface area contributed by atoms with E-state index in [4.69, 9.17) is 0 Å². The van der Waals surface area contributed by atoms with E-state index in [1.165, 1.54) is 5.56 Å². The molecule has 0 aliphatic heterocycles. The number of benzene rings is 1. The zero-order chi connectivity index (χ0) is 13.4. The minimum Gasteiger partial charge on any atom is -0.309 e. The van der Waals surface area contributed by atoms with E-state index in [9.17, 15) is 0 Å². The van der Waals surface area contributed by atoms with Crippen molar-refractivity contribution < 1.29 is 0 Å². The molecule has 1 rings (SSSR count). The molecule has 0 fully saturated rings. The van der Waals surface area contributed by atoms with Crippen LogP contribution in [0, 0.1) is 5.92 Å². The lowest BCUT2D eigenvalue weighted by atomic mass is 10.1. The largest absolute Gasteiger partial charge is 0.309 e. The van der Waals surface area contributed by atoms with Crippen LogP contribution >= 0.6 is 0 Å². The average Bonchev–Trinajstić information content (AvgIpc) is 2.29. The van der Waals surface area contributed by atoms with Crippen LogP contribution in [0.15, 0.2) is 30.3 Å². The Kier molecular flexibility index (Phi) is 6.94. The molecule has 18 heavy (non-hydrogen) atoms. The van der Waals surface area contributed by atoms with E-state index in [-0.39, 0.29) is 0 Å². The van der Waals surface area contributed by atoms with Crippen molar-refractivity contribution in [2.45, 2.75) is 26.3 Å². The predicted molar refractivity (Wildman–Crippen MR) is 78.5 cm³/mol. The molecule has 0 amide bonds. The van der Waals surface area contributed by atoms with E-state index in [0.717, 1.165) is 19.5 Å². The van der Waals surface area contributed by atoms with Gasteiger partial charge < -0.3 is 4.90 Å². The Bertz CT molecular complexity index is 311.